The highest BCUT2D eigenvalue weighted by molar-refractivity contribution is 7.45. The zero-order valence-electron chi connectivity index (χ0n) is 31.4. The van der Waals surface area contributed by atoms with E-state index in [1.807, 2.05) is 33.3 Å². The molecule has 0 spiro atoms. The predicted octanol–water partition coefficient (Wildman–Crippen LogP) is 9.24. The van der Waals surface area contributed by atoms with E-state index in [0.29, 0.717) is 22.9 Å². The summed E-state index contributed by atoms with van der Waals surface area (Å²) in [5, 5.41) is 37.8. The number of phosphoric ester groups is 1. The number of aromatic hydroxyl groups is 4. The van der Waals surface area contributed by atoms with E-state index in [1.54, 1.807) is 12.1 Å². The van der Waals surface area contributed by atoms with Crippen LogP contribution in [-0.2, 0) is 26.5 Å². The van der Waals surface area contributed by atoms with Gasteiger partial charge in [0.15, 0.2) is 23.0 Å². The molecule has 3 atom stereocenters. The molecule has 0 aliphatic heterocycles. The number of quaternary nitrogens is 1. The summed E-state index contributed by atoms with van der Waals surface area (Å²) in [5.74, 6) is 0.314. The van der Waals surface area contributed by atoms with Crippen LogP contribution in [0.3, 0.4) is 0 Å². The monoisotopic (exact) mass is 709 g/mol. The fraction of sp³-hybridized carbons (Fsp3) is 0.692. The lowest BCUT2D eigenvalue weighted by Crippen LogP contribution is -2.37. The molecule has 2 rings (SSSR count). The van der Waals surface area contributed by atoms with Crippen LogP contribution >= 0.6 is 7.82 Å². The predicted molar refractivity (Wildman–Crippen MR) is 198 cm³/mol. The lowest BCUT2D eigenvalue weighted by atomic mass is 9.85. The first-order valence-electron chi connectivity index (χ1n) is 18.6. The van der Waals surface area contributed by atoms with E-state index in [0.717, 1.165) is 43.2 Å². The molecular weight excluding hydrogens is 641 g/mol. The summed E-state index contributed by atoms with van der Waals surface area (Å²) in [5.41, 5.74) is 1.95. The van der Waals surface area contributed by atoms with E-state index in [-0.39, 0.29) is 36.2 Å². The highest BCUT2D eigenvalue weighted by Gasteiger charge is 2.16. The molecule has 9 nitrogen and oxygen atoms in total. The van der Waals surface area contributed by atoms with E-state index in [1.165, 1.54) is 82.8 Å². The quantitative estimate of drug-likeness (QED) is 0.0346. The maximum absolute atomic E-state index is 11.6. The minimum atomic E-state index is -4.13. The number of nitrogens with zero attached hydrogens (tertiary/aromatic N) is 1. The van der Waals surface area contributed by atoms with E-state index < -0.39 is 7.82 Å². The van der Waals surface area contributed by atoms with Crippen LogP contribution in [0, 0.1) is 11.8 Å². The Morgan fingerprint density at radius 1 is 0.612 bits per heavy atom. The van der Waals surface area contributed by atoms with Crippen LogP contribution in [0.4, 0.5) is 0 Å². The summed E-state index contributed by atoms with van der Waals surface area (Å²) >= 11 is 0. The van der Waals surface area contributed by atoms with Gasteiger partial charge in [0.1, 0.15) is 13.2 Å². The van der Waals surface area contributed by atoms with Crippen LogP contribution in [0.15, 0.2) is 36.4 Å². The van der Waals surface area contributed by atoms with Crippen molar-refractivity contribution in [1.82, 2.24) is 0 Å². The van der Waals surface area contributed by atoms with E-state index in [9.17, 15) is 29.9 Å². The second-order valence-corrected chi connectivity index (χ2v) is 16.1. The Morgan fingerprint density at radius 2 is 0.980 bits per heavy atom. The maximum Gasteiger partial charge on any atom is 0.268 e. The molecule has 2 aromatic carbocycles. The van der Waals surface area contributed by atoms with Crippen molar-refractivity contribution in [2.24, 2.45) is 11.8 Å². The number of unbranched alkanes of at least 4 members (excludes halogenated alkanes) is 13. The standard InChI is InChI=1S/C21H46NO4P.C18H22O4/c1-5-6-7-8-9-10-11-12-13-14-15-16-17-18-20-25-27(23,24)26-21-19-22(2,3)4;1-11(7-13-3-5-15(19)17(21)9-13)12(2)8-14-4-6-16(20)18(22)10-14/h5-21H2,1-4H3;3-6,9-12,19-22H,7-8H2,1-2H3/t;11-,12+. The van der Waals surface area contributed by atoms with Gasteiger partial charge >= 0.3 is 0 Å². The van der Waals surface area contributed by atoms with Crippen LogP contribution < -0.4 is 4.89 Å². The molecule has 0 bridgehead atoms. The molecule has 0 saturated heterocycles. The van der Waals surface area contributed by atoms with Gasteiger partial charge in [0.25, 0.3) is 7.82 Å². The molecule has 0 aliphatic rings. The first-order valence-corrected chi connectivity index (χ1v) is 20.0. The lowest BCUT2D eigenvalue weighted by Gasteiger charge is -2.27. The Hall–Kier alpha value is -2.29. The normalized spacial score (nSPS) is 14.1. The van der Waals surface area contributed by atoms with Crippen LogP contribution in [0.2, 0.25) is 0 Å². The maximum atomic E-state index is 11.6. The van der Waals surface area contributed by atoms with Gasteiger partial charge in [-0.25, -0.2) is 0 Å². The average molecular weight is 710 g/mol. The minimum absolute atomic E-state index is 0.0965. The van der Waals surface area contributed by atoms with E-state index in [2.05, 4.69) is 20.8 Å². The van der Waals surface area contributed by atoms with Crippen LogP contribution in [-0.4, -0.2) is 65.8 Å². The molecule has 0 fully saturated rings. The van der Waals surface area contributed by atoms with Crippen molar-refractivity contribution < 1.29 is 43.4 Å². The van der Waals surface area contributed by atoms with Crippen molar-refractivity contribution in [2.75, 3.05) is 40.9 Å². The topological polar surface area (TPSA) is 140 Å². The molecule has 10 heteroatoms. The number of hydrogen-bond donors (Lipinski definition) is 4. The molecule has 1 unspecified atom stereocenters. The van der Waals surface area contributed by atoms with Gasteiger partial charge in [0, 0.05) is 0 Å². The first kappa shape index (κ1) is 44.7. The molecule has 0 saturated carbocycles. The molecule has 0 amide bonds. The van der Waals surface area contributed by atoms with Crippen molar-refractivity contribution in [1.29, 1.82) is 0 Å². The van der Waals surface area contributed by atoms with Crippen LogP contribution in [0.5, 0.6) is 23.0 Å². The van der Waals surface area contributed by atoms with Gasteiger partial charge in [-0.1, -0.05) is 116 Å². The number of phenolic OH excluding ortho intramolecular Hbond substituents is 4. The smallest absolute Gasteiger partial charge is 0.268 e. The van der Waals surface area contributed by atoms with Gasteiger partial charge in [-0.05, 0) is 66.5 Å². The third kappa shape index (κ3) is 22.9. The molecule has 0 heterocycles. The molecule has 49 heavy (non-hydrogen) atoms. The summed E-state index contributed by atoms with van der Waals surface area (Å²) in [6.45, 7) is 7.57. The van der Waals surface area contributed by atoms with E-state index in [4.69, 9.17) is 9.05 Å². The van der Waals surface area contributed by atoms with Crippen LogP contribution in [0.1, 0.15) is 122 Å². The number of phosphoric acid groups is 1. The fourth-order valence-corrected chi connectivity index (χ4v) is 6.21. The number of phenols is 4. The van der Waals surface area contributed by atoms with Crippen molar-refractivity contribution in [3.63, 3.8) is 0 Å². The number of benzene rings is 2. The number of rotatable bonds is 25. The second-order valence-electron chi connectivity index (χ2n) is 14.7. The molecule has 0 radical (unpaired) electrons. The zero-order chi connectivity index (χ0) is 36.7. The molecule has 0 aromatic heterocycles. The number of hydrogen-bond acceptors (Lipinski definition) is 8. The lowest BCUT2D eigenvalue weighted by molar-refractivity contribution is -0.870. The summed E-state index contributed by atoms with van der Waals surface area (Å²) in [7, 11) is 1.86. The zero-order valence-corrected chi connectivity index (χ0v) is 32.3. The summed E-state index contributed by atoms with van der Waals surface area (Å²) in [6, 6.07) is 9.80. The summed E-state index contributed by atoms with van der Waals surface area (Å²) < 4.78 is 22.1. The molecule has 0 aliphatic carbocycles. The van der Waals surface area contributed by atoms with Gasteiger partial charge in [-0.2, -0.15) is 0 Å². The summed E-state index contributed by atoms with van der Waals surface area (Å²) in [6.07, 6.45) is 19.5. The molecule has 282 valence electrons. The Kier molecular flexibility index (Phi) is 22.6. The Balaban J connectivity index is 0.000000498. The third-order valence-corrected chi connectivity index (χ3v) is 9.92. The van der Waals surface area contributed by atoms with Gasteiger partial charge in [0.2, 0.25) is 0 Å². The molecule has 4 N–H and O–H groups in total. The van der Waals surface area contributed by atoms with Crippen molar-refractivity contribution >= 4 is 7.82 Å². The van der Waals surface area contributed by atoms with Gasteiger partial charge in [-0.15, -0.1) is 0 Å². The Morgan fingerprint density at radius 3 is 1.35 bits per heavy atom. The first-order chi connectivity index (χ1) is 23.1. The van der Waals surface area contributed by atoms with Crippen molar-refractivity contribution in [3.05, 3.63) is 47.5 Å². The van der Waals surface area contributed by atoms with Crippen molar-refractivity contribution in [2.45, 2.75) is 124 Å². The Bertz CT molecular complexity index is 1140. The van der Waals surface area contributed by atoms with Gasteiger partial charge < -0.3 is 38.9 Å². The molecule has 2 aromatic rings. The third-order valence-electron chi connectivity index (χ3n) is 8.93. The minimum Gasteiger partial charge on any atom is -0.756 e. The average Bonchev–Trinajstić information content (AvgIpc) is 3.02. The number of likely N-dealkylation sites (N-methyl/N-ethyl adjacent to an activating group) is 1. The fourth-order valence-electron chi connectivity index (χ4n) is 5.47. The largest absolute Gasteiger partial charge is 0.756 e. The van der Waals surface area contributed by atoms with Crippen LogP contribution in [0.25, 0.3) is 0 Å². The highest BCUT2D eigenvalue weighted by atomic mass is 31.2. The van der Waals surface area contributed by atoms with Crippen molar-refractivity contribution in [3.8, 4) is 23.0 Å². The van der Waals surface area contributed by atoms with Gasteiger partial charge in [0.05, 0.1) is 27.7 Å². The second kappa shape index (κ2) is 24.8. The highest BCUT2D eigenvalue weighted by Crippen LogP contribution is 2.38. The Labute approximate surface area is 297 Å². The SMILES string of the molecule is CCCCCCCCCCCCCCCCOP(=O)([O-])OCC[N+](C)(C)C.C[C@H](Cc1ccc(O)c(O)c1)[C@@H](C)Cc1ccc(O)c(O)c1. The van der Waals surface area contributed by atoms with Gasteiger partial charge in [-0.3, -0.25) is 4.57 Å². The summed E-state index contributed by atoms with van der Waals surface area (Å²) in [4.78, 5) is 11.6. The molecular formula is C39H68NO8P. The van der Waals surface area contributed by atoms with E-state index >= 15 is 0 Å².